The SMILES string of the molecule is CC1(O)C2CCCC(C2)CC1OS(=O)(=O)c1ccc(Oc2ccc(S(=O)(=O)OC3C4CCC(CC4)C3(C)O)cc2)cc1. The monoisotopic (exact) mass is 620 g/mol. The highest BCUT2D eigenvalue weighted by molar-refractivity contribution is 7.87. The molecule has 2 N–H and O–H groups in total. The number of benzene rings is 2. The van der Waals surface area contributed by atoms with Crippen LogP contribution in [0.25, 0.3) is 0 Å². The van der Waals surface area contributed by atoms with Gasteiger partial charge in [0.1, 0.15) is 23.7 Å². The molecule has 42 heavy (non-hydrogen) atoms. The van der Waals surface area contributed by atoms with Gasteiger partial charge in [-0.05, 0) is 131 Å². The van der Waals surface area contributed by atoms with Crippen LogP contribution >= 0.6 is 0 Å². The second kappa shape index (κ2) is 10.9. The lowest BCUT2D eigenvalue weighted by Crippen LogP contribution is -2.58. The predicted molar refractivity (Wildman–Crippen MR) is 154 cm³/mol. The van der Waals surface area contributed by atoms with Crippen molar-refractivity contribution in [3.63, 3.8) is 0 Å². The molecule has 0 amide bonds. The van der Waals surface area contributed by atoms with Crippen LogP contribution in [0.2, 0.25) is 0 Å². The summed E-state index contributed by atoms with van der Waals surface area (Å²) in [5.74, 6) is 1.16. The van der Waals surface area contributed by atoms with Crippen molar-refractivity contribution in [3.8, 4) is 11.5 Å². The molecule has 0 heterocycles. The standard InChI is InChI=1S/C31H40O9S2/c1-30(32)23-5-3-4-20(18-23)19-28(30)39-41(34,35)26-14-10-24(11-15-26)38-25-12-16-27(17-13-25)42(36,37)40-29-21-6-8-22(9-7-21)31(29,2)33/h10-17,20-23,28-29,32-33H,3-9,18-19H2,1-2H3. The molecule has 5 saturated carbocycles. The van der Waals surface area contributed by atoms with Crippen LogP contribution in [0.5, 0.6) is 11.5 Å². The fourth-order valence-corrected chi connectivity index (χ4v) is 10.1. The Balaban J connectivity index is 1.10. The van der Waals surface area contributed by atoms with E-state index >= 15 is 0 Å². The van der Waals surface area contributed by atoms with E-state index in [1.807, 2.05) is 0 Å². The van der Waals surface area contributed by atoms with Crippen LogP contribution in [0, 0.1) is 23.7 Å². The van der Waals surface area contributed by atoms with Gasteiger partial charge in [-0.3, -0.25) is 8.37 Å². The zero-order valence-corrected chi connectivity index (χ0v) is 25.6. The first kappa shape index (κ1) is 30.0. The maximum absolute atomic E-state index is 13.1. The summed E-state index contributed by atoms with van der Waals surface area (Å²) in [5.41, 5.74) is -2.39. The summed E-state index contributed by atoms with van der Waals surface area (Å²) in [6.45, 7) is 3.36. The molecule has 5 aliphatic rings. The first-order valence-corrected chi connectivity index (χ1v) is 17.8. The summed E-state index contributed by atoms with van der Waals surface area (Å²) in [7, 11) is -8.22. The molecule has 0 aliphatic heterocycles. The van der Waals surface area contributed by atoms with Gasteiger partial charge < -0.3 is 14.9 Å². The Labute approximate surface area is 248 Å². The third kappa shape index (κ3) is 5.64. The molecule has 0 spiro atoms. The van der Waals surface area contributed by atoms with Crippen molar-refractivity contribution in [2.45, 2.75) is 105 Å². The van der Waals surface area contributed by atoms with Crippen molar-refractivity contribution in [1.82, 2.24) is 0 Å². The van der Waals surface area contributed by atoms with Crippen molar-refractivity contribution in [2.75, 3.05) is 0 Å². The van der Waals surface area contributed by atoms with Crippen molar-refractivity contribution in [3.05, 3.63) is 48.5 Å². The number of hydrogen-bond acceptors (Lipinski definition) is 9. The van der Waals surface area contributed by atoms with Crippen LogP contribution in [0.4, 0.5) is 0 Å². The minimum atomic E-state index is -4.11. The van der Waals surface area contributed by atoms with E-state index in [0.29, 0.717) is 23.8 Å². The van der Waals surface area contributed by atoms with Gasteiger partial charge in [0.05, 0.1) is 21.0 Å². The minimum Gasteiger partial charge on any atom is -0.457 e. The summed E-state index contributed by atoms with van der Waals surface area (Å²) >= 11 is 0. The lowest BCUT2D eigenvalue weighted by Gasteiger charge is -2.51. The molecule has 2 aromatic rings. The van der Waals surface area contributed by atoms with Gasteiger partial charge in [0, 0.05) is 0 Å². The van der Waals surface area contributed by atoms with Crippen molar-refractivity contribution >= 4 is 20.2 Å². The molecule has 6 unspecified atom stereocenters. The maximum Gasteiger partial charge on any atom is 0.297 e. The Hall–Kier alpha value is -2.02. The van der Waals surface area contributed by atoms with Crippen molar-refractivity contribution in [1.29, 1.82) is 0 Å². The van der Waals surface area contributed by atoms with E-state index in [1.165, 1.54) is 48.5 Å². The minimum absolute atomic E-state index is 0.00931. The summed E-state index contributed by atoms with van der Waals surface area (Å²) in [6.07, 6.45) is 6.27. The van der Waals surface area contributed by atoms with Gasteiger partial charge in [-0.15, -0.1) is 0 Å². The Bertz CT molecular complexity index is 1490. The van der Waals surface area contributed by atoms with Crippen LogP contribution in [-0.4, -0.2) is 50.5 Å². The van der Waals surface area contributed by atoms with Gasteiger partial charge >= 0.3 is 0 Å². The molecule has 5 aliphatic carbocycles. The molecule has 5 fully saturated rings. The van der Waals surface area contributed by atoms with Crippen molar-refractivity contribution in [2.24, 2.45) is 23.7 Å². The van der Waals surface area contributed by atoms with Gasteiger partial charge in [-0.25, -0.2) is 0 Å². The van der Waals surface area contributed by atoms with Crippen LogP contribution in [0.15, 0.2) is 58.3 Å². The third-order valence-corrected chi connectivity index (χ3v) is 13.0. The average Bonchev–Trinajstić information content (AvgIpc) is 2.95. The van der Waals surface area contributed by atoms with Crippen LogP contribution in [0.3, 0.4) is 0 Å². The first-order chi connectivity index (χ1) is 19.8. The number of fused-ring (bicyclic) bond motifs is 5. The van der Waals surface area contributed by atoms with Crippen LogP contribution < -0.4 is 4.74 Å². The Kier molecular flexibility index (Phi) is 7.76. The smallest absolute Gasteiger partial charge is 0.297 e. The van der Waals surface area contributed by atoms with E-state index in [9.17, 15) is 27.0 Å². The van der Waals surface area contributed by atoms with Crippen molar-refractivity contribution < 1.29 is 40.2 Å². The highest BCUT2D eigenvalue weighted by Gasteiger charge is 2.53. The number of hydrogen-bond donors (Lipinski definition) is 2. The Morgan fingerprint density at radius 3 is 1.76 bits per heavy atom. The molecule has 0 aromatic heterocycles. The van der Waals surface area contributed by atoms with Gasteiger partial charge in [-0.2, -0.15) is 16.8 Å². The average molecular weight is 621 g/mol. The first-order valence-electron chi connectivity index (χ1n) is 14.9. The fourth-order valence-electron chi connectivity index (χ4n) is 7.75. The highest BCUT2D eigenvalue weighted by atomic mass is 32.2. The molecule has 2 aromatic carbocycles. The quantitative estimate of drug-likeness (QED) is 0.384. The summed E-state index contributed by atoms with van der Waals surface area (Å²) in [6, 6.07) is 11.5. The van der Waals surface area contributed by atoms with E-state index in [-0.39, 0.29) is 27.5 Å². The molecule has 11 heteroatoms. The summed E-state index contributed by atoms with van der Waals surface area (Å²) in [4.78, 5) is -0.0688. The van der Waals surface area contributed by atoms with E-state index in [1.54, 1.807) is 13.8 Å². The molecule has 0 saturated heterocycles. The molecule has 9 nitrogen and oxygen atoms in total. The number of ether oxygens (including phenoxy) is 1. The largest absolute Gasteiger partial charge is 0.457 e. The van der Waals surface area contributed by atoms with Gasteiger partial charge in [0.2, 0.25) is 0 Å². The molecular weight excluding hydrogens is 580 g/mol. The van der Waals surface area contributed by atoms with E-state index in [4.69, 9.17) is 13.1 Å². The Morgan fingerprint density at radius 2 is 1.21 bits per heavy atom. The van der Waals surface area contributed by atoms with E-state index in [0.717, 1.165) is 51.4 Å². The second-order valence-electron chi connectivity index (χ2n) is 13.1. The zero-order valence-electron chi connectivity index (χ0n) is 24.0. The van der Waals surface area contributed by atoms with E-state index < -0.39 is 43.6 Å². The van der Waals surface area contributed by atoms with Gasteiger partial charge in [0.25, 0.3) is 20.2 Å². The molecule has 7 rings (SSSR count). The number of aliphatic hydroxyl groups is 2. The summed E-state index contributed by atoms with van der Waals surface area (Å²) in [5, 5.41) is 22.1. The second-order valence-corrected chi connectivity index (χ2v) is 16.2. The van der Waals surface area contributed by atoms with Gasteiger partial charge in [-0.1, -0.05) is 12.8 Å². The lowest BCUT2D eigenvalue weighted by molar-refractivity contribution is -0.163. The Morgan fingerprint density at radius 1 is 0.667 bits per heavy atom. The molecule has 0 radical (unpaired) electrons. The molecule has 230 valence electrons. The fraction of sp³-hybridized carbons (Fsp3) is 0.613. The number of rotatable bonds is 8. The molecular formula is C31H40O9S2. The zero-order chi connectivity index (χ0) is 29.9. The van der Waals surface area contributed by atoms with Crippen LogP contribution in [-0.2, 0) is 28.6 Å². The maximum atomic E-state index is 13.1. The van der Waals surface area contributed by atoms with Gasteiger partial charge in [0.15, 0.2) is 0 Å². The molecule has 6 atom stereocenters. The topological polar surface area (TPSA) is 136 Å². The normalized spacial score (nSPS) is 36.5. The predicted octanol–water partition coefficient (Wildman–Crippen LogP) is 5.16. The summed E-state index contributed by atoms with van der Waals surface area (Å²) < 4.78 is 69.3. The third-order valence-electron chi connectivity index (χ3n) is 10.3. The lowest BCUT2D eigenvalue weighted by atomic mass is 9.61. The van der Waals surface area contributed by atoms with Crippen LogP contribution in [0.1, 0.15) is 71.6 Å². The van der Waals surface area contributed by atoms with E-state index in [2.05, 4.69) is 0 Å². The molecule has 4 bridgehead atoms. The highest BCUT2D eigenvalue weighted by Crippen LogP contribution is 2.50.